The molecule has 0 spiro atoms. The zero-order valence-electron chi connectivity index (χ0n) is 31.2. The lowest BCUT2D eigenvalue weighted by Crippen LogP contribution is -2.30. The molecule has 11 rings (SSSR count). The van der Waals surface area contributed by atoms with Gasteiger partial charge in [0.25, 0.3) is 0 Å². The number of hydrogen-bond donors (Lipinski definition) is 2. The third kappa shape index (κ3) is 4.34. The zero-order valence-corrected chi connectivity index (χ0v) is 31.2. The summed E-state index contributed by atoms with van der Waals surface area (Å²) in [4.78, 5) is 0. The summed E-state index contributed by atoms with van der Waals surface area (Å²) in [5, 5.41) is 32.2. The van der Waals surface area contributed by atoms with Crippen molar-refractivity contribution in [1.82, 2.24) is 0 Å². The van der Waals surface area contributed by atoms with Crippen molar-refractivity contribution in [2.24, 2.45) is 0 Å². The molecular weight excluding hydrogens is 681 g/mol. The molecule has 0 amide bonds. The molecule has 0 saturated carbocycles. The second-order valence-electron chi connectivity index (χ2n) is 15.5. The van der Waals surface area contributed by atoms with Crippen LogP contribution >= 0.6 is 0 Å². The Balaban J connectivity index is 1.37. The monoisotopic (exact) mass is 718 g/mol. The van der Waals surface area contributed by atoms with Crippen LogP contribution in [-0.2, 0) is 11.2 Å². The second-order valence-corrected chi connectivity index (χ2v) is 15.5. The average molecular weight is 719 g/mol. The summed E-state index contributed by atoms with van der Waals surface area (Å²) in [6.45, 7) is 4.31. The van der Waals surface area contributed by atoms with E-state index in [1.807, 2.05) is 24.3 Å². The highest BCUT2D eigenvalue weighted by Crippen LogP contribution is 2.58. The number of hydrogen-bond acceptors (Lipinski definition) is 2. The Morgan fingerprint density at radius 2 is 0.607 bits per heavy atom. The number of aliphatic hydroxyl groups is 2. The van der Waals surface area contributed by atoms with Crippen LogP contribution in [0.2, 0.25) is 0 Å². The number of rotatable bonds is 4. The molecule has 2 aliphatic carbocycles. The first-order chi connectivity index (χ1) is 27.4. The van der Waals surface area contributed by atoms with Crippen molar-refractivity contribution in [3.63, 3.8) is 0 Å². The van der Waals surface area contributed by atoms with E-state index >= 15 is 0 Å². The van der Waals surface area contributed by atoms with E-state index in [-0.39, 0.29) is 0 Å². The van der Waals surface area contributed by atoms with E-state index in [0.29, 0.717) is 0 Å². The highest BCUT2D eigenvalue weighted by molar-refractivity contribution is 6.04. The lowest BCUT2D eigenvalue weighted by molar-refractivity contribution is 0.127. The third-order valence-electron chi connectivity index (χ3n) is 12.6. The molecule has 2 N–H and O–H groups in total. The van der Waals surface area contributed by atoms with Gasteiger partial charge < -0.3 is 10.2 Å². The molecular formula is C54H38O2. The molecule has 0 radical (unpaired) electrons. The maximum atomic E-state index is 13.9. The summed E-state index contributed by atoms with van der Waals surface area (Å²) in [6, 6.07) is 63.2. The summed E-state index contributed by atoms with van der Waals surface area (Å²) in [6.07, 6.45) is 0. The highest BCUT2D eigenvalue weighted by Gasteiger charge is 2.48. The molecule has 266 valence electrons. The van der Waals surface area contributed by atoms with Crippen LogP contribution in [0.5, 0.6) is 0 Å². The highest BCUT2D eigenvalue weighted by atomic mass is 16.3. The fourth-order valence-corrected chi connectivity index (χ4v) is 10.1. The predicted molar refractivity (Wildman–Crippen MR) is 230 cm³/mol. The molecule has 0 atom stereocenters. The molecule has 2 nitrogen and oxygen atoms in total. The Hall–Kier alpha value is -6.58. The molecule has 0 bridgehead atoms. The molecule has 0 heterocycles. The molecule has 9 aromatic rings. The van der Waals surface area contributed by atoms with Crippen molar-refractivity contribution in [2.75, 3.05) is 0 Å². The minimum atomic E-state index is -1.51. The van der Waals surface area contributed by atoms with E-state index in [4.69, 9.17) is 0 Å². The fraction of sp³-hybridized carbons (Fsp3) is 0.0741. The standard InChI is InChI=1S/C54H38O2/c1-33-27-29-35-15-3-5-17-37(35)51(33)43-31-50(54(56)47-25-13-9-21-41(47)42-22-10-14-26-48(42)54)44(52-34(2)28-30-36-16-4-6-18-38(36)52)32-49(43)53(55)45-23-11-7-19-39(45)40-20-8-12-24-46(40)53/h3-32,55-56H,1-2H3. The maximum absolute atomic E-state index is 13.9. The zero-order chi connectivity index (χ0) is 37.8. The van der Waals surface area contributed by atoms with Gasteiger partial charge in [-0.2, -0.15) is 0 Å². The second kappa shape index (κ2) is 12.0. The van der Waals surface area contributed by atoms with Crippen molar-refractivity contribution in [3.05, 3.63) is 226 Å². The van der Waals surface area contributed by atoms with Crippen LogP contribution in [0.3, 0.4) is 0 Å². The normalized spacial score (nSPS) is 14.4. The minimum absolute atomic E-state index is 0.781. The quantitative estimate of drug-likeness (QED) is 0.190. The van der Waals surface area contributed by atoms with Crippen LogP contribution in [0.4, 0.5) is 0 Å². The van der Waals surface area contributed by atoms with Gasteiger partial charge in [0.05, 0.1) is 0 Å². The Morgan fingerprint density at radius 3 is 0.964 bits per heavy atom. The van der Waals surface area contributed by atoms with E-state index in [2.05, 4.69) is 172 Å². The van der Waals surface area contributed by atoms with Crippen molar-refractivity contribution in [1.29, 1.82) is 0 Å². The van der Waals surface area contributed by atoms with E-state index < -0.39 is 11.2 Å². The largest absolute Gasteiger partial charge is 0.376 e. The molecule has 0 aromatic heterocycles. The topological polar surface area (TPSA) is 40.5 Å². The van der Waals surface area contributed by atoms with Gasteiger partial charge in [-0.1, -0.05) is 170 Å². The smallest absolute Gasteiger partial charge is 0.142 e. The molecule has 0 aliphatic heterocycles. The van der Waals surface area contributed by atoms with Gasteiger partial charge >= 0.3 is 0 Å². The first kappa shape index (κ1) is 32.8. The van der Waals surface area contributed by atoms with Gasteiger partial charge in [-0.3, -0.25) is 0 Å². The molecule has 9 aromatic carbocycles. The van der Waals surface area contributed by atoms with Gasteiger partial charge in [-0.05, 0) is 103 Å². The first-order valence-electron chi connectivity index (χ1n) is 19.4. The van der Waals surface area contributed by atoms with Crippen LogP contribution in [0, 0.1) is 13.8 Å². The van der Waals surface area contributed by atoms with Gasteiger partial charge in [0.15, 0.2) is 0 Å². The molecule has 0 unspecified atom stereocenters. The molecule has 2 heteroatoms. The van der Waals surface area contributed by atoms with E-state index in [1.54, 1.807) is 0 Å². The Bertz CT molecular complexity index is 2790. The van der Waals surface area contributed by atoms with Crippen LogP contribution in [0.15, 0.2) is 182 Å². The summed E-state index contributed by atoms with van der Waals surface area (Å²) in [5.74, 6) is 0. The molecule has 0 saturated heterocycles. The van der Waals surface area contributed by atoms with E-state index in [1.165, 1.54) is 0 Å². The summed E-state index contributed by atoms with van der Waals surface area (Å²) in [7, 11) is 0. The van der Waals surface area contributed by atoms with Crippen molar-refractivity contribution < 1.29 is 10.2 Å². The summed E-state index contributed by atoms with van der Waals surface area (Å²) >= 11 is 0. The van der Waals surface area contributed by atoms with Crippen LogP contribution in [0.1, 0.15) is 44.5 Å². The Labute approximate surface area is 326 Å². The minimum Gasteiger partial charge on any atom is -0.376 e. The average Bonchev–Trinajstić information content (AvgIpc) is 3.67. The van der Waals surface area contributed by atoms with Crippen LogP contribution in [0.25, 0.3) is 66.1 Å². The first-order valence-corrected chi connectivity index (χ1v) is 19.4. The van der Waals surface area contributed by atoms with Gasteiger partial charge in [-0.15, -0.1) is 0 Å². The molecule has 0 fully saturated rings. The number of fused-ring (bicyclic) bond motifs is 8. The van der Waals surface area contributed by atoms with E-state index in [9.17, 15) is 10.2 Å². The van der Waals surface area contributed by atoms with Crippen molar-refractivity contribution in [3.8, 4) is 44.5 Å². The Kier molecular flexibility index (Phi) is 7.01. The van der Waals surface area contributed by atoms with Gasteiger partial charge in [-0.25, -0.2) is 0 Å². The van der Waals surface area contributed by atoms with Crippen molar-refractivity contribution >= 4 is 21.5 Å². The van der Waals surface area contributed by atoms with Gasteiger partial charge in [0.1, 0.15) is 11.2 Å². The predicted octanol–water partition coefficient (Wildman–Crippen LogP) is 12.5. The van der Waals surface area contributed by atoms with Gasteiger partial charge in [0, 0.05) is 33.4 Å². The van der Waals surface area contributed by atoms with Crippen LogP contribution < -0.4 is 0 Å². The number of benzene rings is 9. The molecule has 56 heavy (non-hydrogen) atoms. The Morgan fingerprint density at radius 1 is 0.304 bits per heavy atom. The fourth-order valence-electron chi connectivity index (χ4n) is 10.1. The third-order valence-corrected chi connectivity index (χ3v) is 12.6. The molecule has 2 aliphatic rings. The van der Waals surface area contributed by atoms with E-state index in [0.717, 1.165) is 111 Å². The SMILES string of the molecule is Cc1ccc2ccccc2c1-c1cc(C2(O)c3ccccc3-c3ccccc32)c(-c2c(C)ccc3ccccc23)cc1C1(O)c2ccccc2-c2ccccc21. The lowest BCUT2D eigenvalue weighted by Gasteiger charge is -2.35. The summed E-state index contributed by atoms with van der Waals surface area (Å²) in [5.41, 5.74) is 12.1. The summed E-state index contributed by atoms with van der Waals surface area (Å²) < 4.78 is 0. The van der Waals surface area contributed by atoms with Gasteiger partial charge in [0.2, 0.25) is 0 Å². The van der Waals surface area contributed by atoms with Crippen molar-refractivity contribution in [2.45, 2.75) is 25.0 Å². The lowest BCUT2D eigenvalue weighted by atomic mass is 9.72. The maximum Gasteiger partial charge on any atom is 0.142 e. The van der Waals surface area contributed by atoms with Crippen LogP contribution in [-0.4, -0.2) is 10.2 Å². The number of aryl methyl sites for hydroxylation is 2.